The Morgan fingerprint density at radius 3 is 2.81 bits per heavy atom. The summed E-state index contributed by atoms with van der Waals surface area (Å²) in [6.07, 6.45) is 0. The van der Waals surface area contributed by atoms with Crippen LogP contribution in [0.2, 0.25) is 0 Å². The topological polar surface area (TPSA) is 60.9 Å². The largest absolute Gasteiger partial charge is 0.384 e. The van der Waals surface area contributed by atoms with E-state index in [1.54, 1.807) is 28.6 Å². The van der Waals surface area contributed by atoms with E-state index in [1.165, 1.54) is 0 Å². The standard InChI is InChI=1S/C15H20N2O3S/c1-13-12-16(2)8-9-17(13)21(19,20)15-7-3-5-14(11-15)6-4-10-18/h3,5,7,11,13,18H,8-10,12H2,1-2H3. The van der Waals surface area contributed by atoms with Crippen LogP contribution in [0.1, 0.15) is 12.5 Å². The average molecular weight is 308 g/mol. The van der Waals surface area contributed by atoms with E-state index in [-0.39, 0.29) is 17.5 Å². The van der Waals surface area contributed by atoms with Gasteiger partial charge < -0.3 is 10.0 Å². The highest BCUT2D eigenvalue weighted by Crippen LogP contribution is 2.21. The summed E-state index contributed by atoms with van der Waals surface area (Å²) in [7, 11) is -1.51. The van der Waals surface area contributed by atoms with Gasteiger partial charge >= 0.3 is 0 Å². The van der Waals surface area contributed by atoms with Crippen LogP contribution < -0.4 is 0 Å². The van der Waals surface area contributed by atoms with E-state index in [9.17, 15) is 8.42 Å². The molecule has 0 radical (unpaired) electrons. The van der Waals surface area contributed by atoms with E-state index < -0.39 is 10.0 Å². The molecule has 0 spiro atoms. The summed E-state index contributed by atoms with van der Waals surface area (Å²) in [6.45, 7) is 3.62. The second-order valence-electron chi connectivity index (χ2n) is 5.21. The predicted octanol–water partition coefficient (Wildman–Crippen LogP) is 0.355. The lowest BCUT2D eigenvalue weighted by Gasteiger charge is -2.37. The molecule has 1 N–H and O–H groups in total. The second-order valence-corrected chi connectivity index (χ2v) is 7.11. The number of aliphatic hydroxyl groups is 1. The lowest BCUT2D eigenvalue weighted by Crippen LogP contribution is -2.52. The maximum Gasteiger partial charge on any atom is 0.243 e. The molecule has 6 heteroatoms. The fourth-order valence-corrected chi connectivity index (χ4v) is 4.15. The van der Waals surface area contributed by atoms with Crippen LogP contribution in [-0.2, 0) is 10.0 Å². The van der Waals surface area contributed by atoms with Crippen molar-refractivity contribution >= 4 is 10.0 Å². The number of piperazine rings is 1. The Hall–Kier alpha value is -1.39. The van der Waals surface area contributed by atoms with E-state index in [0.29, 0.717) is 12.1 Å². The quantitative estimate of drug-likeness (QED) is 0.801. The summed E-state index contributed by atoms with van der Waals surface area (Å²) in [5.41, 5.74) is 0.590. The number of benzene rings is 1. The minimum Gasteiger partial charge on any atom is -0.384 e. The first-order chi connectivity index (χ1) is 9.95. The number of hydrogen-bond acceptors (Lipinski definition) is 4. The van der Waals surface area contributed by atoms with Crippen molar-refractivity contribution in [2.75, 3.05) is 33.3 Å². The molecule has 1 aliphatic rings. The van der Waals surface area contributed by atoms with Gasteiger partial charge in [-0.2, -0.15) is 4.31 Å². The van der Waals surface area contributed by atoms with E-state index in [4.69, 9.17) is 5.11 Å². The predicted molar refractivity (Wildman–Crippen MR) is 81.3 cm³/mol. The Kier molecular flexibility index (Phi) is 5.01. The molecule has 0 amide bonds. The highest BCUT2D eigenvalue weighted by molar-refractivity contribution is 7.89. The maximum absolute atomic E-state index is 12.7. The number of hydrogen-bond donors (Lipinski definition) is 1. The Bertz CT molecular complexity index is 661. The van der Waals surface area contributed by atoms with Crippen molar-refractivity contribution in [3.63, 3.8) is 0 Å². The molecular weight excluding hydrogens is 288 g/mol. The van der Waals surface area contributed by atoms with E-state index in [2.05, 4.69) is 16.7 Å². The molecule has 1 unspecified atom stereocenters. The van der Waals surface area contributed by atoms with Gasteiger partial charge in [-0.3, -0.25) is 0 Å². The van der Waals surface area contributed by atoms with Crippen molar-refractivity contribution in [2.45, 2.75) is 17.9 Å². The smallest absolute Gasteiger partial charge is 0.243 e. The van der Waals surface area contributed by atoms with Crippen molar-refractivity contribution in [1.82, 2.24) is 9.21 Å². The molecule has 1 saturated heterocycles. The molecule has 114 valence electrons. The van der Waals surface area contributed by atoms with Crippen molar-refractivity contribution < 1.29 is 13.5 Å². The third-order valence-corrected chi connectivity index (χ3v) is 5.53. The lowest BCUT2D eigenvalue weighted by atomic mass is 10.2. The zero-order valence-corrected chi connectivity index (χ0v) is 13.1. The van der Waals surface area contributed by atoms with Crippen molar-refractivity contribution in [3.05, 3.63) is 29.8 Å². The highest BCUT2D eigenvalue weighted by Gasteiger charge is 2.32. The van der Waals surface area contributed by atoms with Gasteiger partial charge in [0.1, 0.15) is 6.61 Å². The van der Waals surface area contributed by atoms with Crippen LogP contribution in [0.4, 0.5) is 0 Å². The maximum atomic E-state index is 12.7. The SMILES string of the molecule is CC1CN(C)CCN1S(=O)(=O)c1cccc(C#CCO)c1. The molecule has 1 aromatic carbocycles. The first-order valence-electron chi connectivity index (χ1n) is 6.85. The van der Waals surface area contributed by atoms with E-state index in [0.717, 1.165) is 13.1 Å². The van der Waals surface area contributed by atoms with Crippen LogP contribution in [0.3, 0.4) is 0 Å². The number of rotatable bonds is 2. The molecule has 0 bridgehead atoms. The van der Waals surface area contributed by atoms with Gasteiger partial charge in [-0.15, -0.1) is 0 Å². The molecule has 2 rings (SSSR count). The summed E-state index contributed by atoms with van der Waals surface area (Å²) < 4.78 is 27.0. The number of likely N-dealkylation sites (N-methyl/N-ethyl adjacent to an activating group) is 1. The van der Waals surface area contributed by atoms with Crippen molar-refractivity contribution in [2.24, 2.45) is 0 Å². The molecule has 5 nitrogen and oxygen atoms in total. The molecule has 21 heavy (non-hydrogen) atoms. The molecular formula is C15H20N2O3S. The monoisotopic (exact) mass is 308 g/mol. The molecule has 1 fully saturated rings. The second kappa shape index (κ2) is 6.58. The summed E-state index contributed by atoms with van der Waals surface area (Å²) >= 11 is 0. The Labute approximate surface area is 126 Å². The van der Waals surface area contributed by atoms with Crippen molar-refractivity contribution in [3.8, 4) is 11.8 Å². The summed E-state index contributed by atoms with van der Waals surface area (Å²) in [6, 6.07) is 6.50. The average Bonchev–Trinajstić information content (AvgIpc) is 2.45. The molecule has 1 atom stereocenters. The Morgan fingerprint density at radius 2 is 2.14 bits per heavy atom. The summed E-state index contributed by atoms with van der Waals surface area (Å²) in [5.74, 6) is 5.26. The highest BCUT2D eigenvalue weighted by atomic mass is 32.2. The van der Waals surface area contributed by atoms with Crippen LogP contribution in [-0.4, -0.2) is 62.1 Å². The Balaban J connectivity index is 2.31. The first-order valence-corrected chi connectivity index (χ1v) is 8.29. The summed E-state index contributed by atoms with van der Waals surface area (Å²) in [4.78, 5) is 2.38. The van der Waals surface area contributed by atoms with Gasteiger partial charge in [0.15, 0.2) is 0 Å². The van der Waals surface area contributed by atoms with Gasteiger partial charge in [-0.05, 0) is 32.2 Å². The van der Waals surface area contributed by atoms with Crippen LogP contribution in [0.25, 0.3) is 0 Å². The van der Waals surface area contributed by atoms with Gasteiger partial charge in [0.2, 0.25) is 10.0 Å². The first kappa shape index (κ1) is 16.0. The fraction of sp³-hybridized carbons (Fsp3) is 0.467. The van der Waals surface area contributed by atoms with Crippen LogP contribution in [0.5, 0.6) is 0 Å². The van der Waals surface area contributed by atoms with Crippen molar-refractivity contribution in [1.29, 1.82) is 0 Å². The normalized spacial score (nSPS) is 20.8. The van der Waals surface area contributed by atoms with Gasteiger partial charge in [0, 0.05) is 31.2 Å². The van der Waals surface area contributed by atoms with Gasteiger partial charge in [-0.25, -0.2) is 8.42 Å². The third kappa shape index (κ3) is 3.63. The Morgan fingerprint density at radius 1 is 1.38 bits per heavy atom. The number of sulfonamides is 1. The minimum absolute atomic E-state index is 0.0547. The van der Waals surface area contributed by atoms with Crippen LogP contribution in [0.15, 0.2) is 29.2 Å². The third-order valence-electron chi connectivity index (χ3n) is 3.52. The van der Waals surface area contributed by atoms with Crippen LogP contribution >= 0.6 is 0 Å². The van der Waals surface area contributed by atoms with Gasteiger partial charge in [-0.1, -0.05) is 17.9 Å². The number of aliphatic hydroxyl groups excluding tert-OH is 1. The van der Waals surface area contributed by atoms with Gasteiger partial charge in [0.25, 0.3) is 0 Å². The minimum atomic E-state index is -3.51. The molecule has 1 aromatic rings. The zero-order chi connectivity index (χ0) is 15.5. The number of nitrogens with zero attached hydrogens (tertiary/aromatic N) is 2. The lowest BCUT2D eigenvalue weighted by molar-refractivity contribution is 0.170. The van der Waals surface area contributed by atoms with Crippen LogP contribution in [0, 0.1) is 11.8 Å². The molecule has 0 saturated carbocycles. The molecule has 1 heterocycles. The molecule has 0 aromatic heterocycles. The van der Waals surface area contributed by atoms with E-state index in [1.807, 2.05) is 14.0 Å². The fourth-order valence-electron chi connectivity index (χ4n) is 2.49. The van der Waals surface area contributed by atoms with E-state index >= 15 is 0 Å². The summed E-state index contributed by atoms with van der Waals surface area (Å²) in [5, 5.41) is 8.72. The molecule has 1 aliphatic heterocycles. The molecule has 0 aliphatic carbocycles. The van der Waals surface area contributed by atoms with Gasteiger partial charge in [0.05, 0.1) is 4.90 Å². The zero-order valence-electron chi connectivity index (χ0n) is 12.3.